The SMILES string of the molecule is NNC(=O)c1sccc1[N+](=O)[O-]. The van der Waals surface area contributed by atoms with Gasteiger partial charge >= 0.3 is 0 Å². The van der Waals surface area contributed by atoms with Crippen molar-refractivity contribution in [2.24, 2.45) is 5.84 Å². The monoisotopic (exact) mass is 187 g/mol. The minimum atomic E-state index is -0.642. The van der Waals surface area contributed by atoms with E-state index in [0.717, 1.165) is 11.3 Å². The topological polar surface area (TPSA) is 98.3 Å². The second-order valence-corrected chi connectivity index (χ2v) is 2.78. The quantitative estimate of drug-likeness (QED) is 0.300. The largest absolute Gasteiger partial charge is 0.292 e. The van der Waals surface area contributed by atoms with Crippen molar-refractivity contribution in [2.45, 2.75) is 0 Å². The summed E-state index contributed by atoms with van der Waals surface area (Å²) in [6.45, 7) is 0. The van der Waals surface area contributed by atoms with Gasteiger partial charge in [0.05, 0.1) is 4.92 Å². The van der Waals surface area contributed by atoms with Crippen molar-refractivity contribution in [1.82, 2.24) is 5.43 Å². The molecular weight excluding hydrogens is 182 g/mol. The van der Waals surface area contributed by atoms with Crippen LogP contribution in [0.2, 0.25) is 0 Å². The van der Waals surface area contributed by atoms with Gasteiger partial charge in [-0.2, -0.15) is 0 Å². The maximum Gasteiger partial charge on any atom is 0.292 e. The standard InChI is InChI=1S/C5H5N3O3S/c6-7-5(9)4-3(8(10)11)1-2-12-4/h1-2H,6H2,(H,7,9). The molecule has 6 nitrogen and oxygen atoms in total. The molecule has 1 aromatic heterocycles. The lowest BCUT2D eigenvalue weighted by molar-refractivity contribution is -0.384. The zero-order chi connectivity index (χ0) is 9.14. The molecular formula is C5H5N3O3S. The maximum atomic E-state index is 10.9. The Labute approximate surface area is 71.1 Å². The van der Waals surface area contributed by atoms with Crippen LogP contribution in [0.4, 0.5) is 5.69 Å². The van der Waals surface area contributed by atoms with E-state index in [9.17, 15) is 14.9 Å². The van der Waals surface area contributed by atoms with Crippen molar-refractivity contribution in [1.29, 1.82) is 0 Å². The second-order valence-electron chi connectivity index (χ2n) is 1.87. The van der Waals surface area contributed by atoms with Gasteiger partial charge < -0.3 is 0 Å². The van der Waals surface area contributed by atoms with Crippen molar-refractivity contribution >= 4 is 22.9 Å². The summed E-state index contributed by atoms with van der Waals surface area (Å²) in [4.78, 5) is 20.6. The summed E-state index contributed by atoms with van der Waals surface area (Å²) in [5.41, 5.74) is 1.61. The lowest BCUT2D eigenvalue weighted by Gasteiger charge is -1.93. The van der Waals surface area contributed by atoms with Gasteiger partial charge in [0.2, 0.25) is 0 Å². The van der Waals surface area contributed by atoms with E-state index in [1.165, 1.54) is 11.4 Å². The molecule has 0 aliphatic carbocycles. The second kappa shape index (κ2) is 3.28. The molecule has 1 heterocycles. The van der Waals surface area contributed by atoms with E-state index in [0.29, 0.717) is 0 Å². The summed E-state index contributed by atoms with van der Waals surface area (Å²) in [5, 5.41) is 11.8. The molecule has 1 amide bonds. The lowest BCUT2D eigenvalue weighted by atomic mass is 10.4. The Morgan fingerprint density at radius 2 is 2.42 bits per heavy atom. The molecule has 0 aliphatic rings. The van der Waals surface area contributed by atoms with Gasteiger partial charge in [0.15, 0.2) is 4.88 Å². The van der Waals surface area contributed by atoms with E-state index in [4.69, 9.17) is 5.84 Å². The number of carbonyl (C=O) groups is 1. The first-order chi connectivity index (χ1) is 5.66. The summed E-state index contributed by atoms with van der Waals surface area (Å²) < 4.78 is 0. The fourth-order valence-corrected chi connectivity index (χ4v) is 1.44. The molecule has 0 saturated heterocycles. The van der Waals surface area contributed by atoms with Crippen molar-refractivity contribution in [2.75, 3.05) is 0 Å². The highest BCUT2D eigenvalue weighted by atomic mass is 32.1. The molecule has 0 fully saturated rings. The molecule has 0 unspecified atom stereocenters. The molecule has 0 aromatic carbocycles. The van der Waals surface area contributed by atoms with Crippen LogP contribution in [0.3, 0.4) is 0 Å². The molecule has 1 aromatic rings. The number of rotatable bonds is 2. The fourth-order valence-electron chi connectivity index (χ4n) is 0.682. The molecule has 0 radical (unpaired) electrons. The average Bonchev–Trinajstić information content (AvgIpc) is 2.50. The fraction of sp³-hybridized carbons (Fsp3) is 0. The van der Waals surface area contributed by atoms with Gasteiger partial charge in [0.25, 0.3) is 11.6 Å². The highest BCUT2D eigenvalue weighted by Gasteiger charge is 2.20. The molecule has 64 valence electrons. The van der Waals surface area contributed by atoms with Crippen LogP contribution >= 0.6 is 11.3 Å². The summed E-state index contributed by atoms with van der Waals surface area (Å²) in [5.74, 6) is 4.17. The molecule has 0 atom stereocenters. The molecule has 12 heavy (non-hydrogen) atoms. The highest BCUT2D eigenvalue weighted by Crippen LogP contribution is 2.23. The van der Waals surface area contributed by atoms with E-state index in [1.807, 2.05) is 5.43 Å². The Bertz CT molecular complexity index is 321. The third-order valence-electron chi connectivity index (χ3n) is 1.18. The Hall–Kier alpha value is -1.47. The van der Waals surface area contributed by atoms with Crippen molar-refractivity contribution in [3.63, 3.8) is 0 Å². The van der Waals surface area contributed by atoms with Gasteiger partial charge in [-0.15, -0.1) is 11.3 Å². The van der Waals surface area contributed by atoms with Gasteiger partial charge in [-0.25, -0.2) is 5.84 Å². The smallest absolute Gasteiger partial charge is 0.289 e. The van der Waals surface area contributed by atoms with Crippen LogP contribution in [-0.2, 0) is 0 Å². The van der Waals surface area contributed by atoms with E-state index in [-0.39, 0.29) is 10.6 Å². The number of hydrazine groups is 1. The Kier molecular flexibility index (Phi) is 2.36. The predicted octanol–water partition coefficient (Wildman–Crippen LogP) is 0.260. The summed E-state index contributed by atoms with van der Waals surface area (Å²) >= 11 is 0.977. The van der Waals surface area contributed by atoms with Gasteiger partial charge in [0, 0.05) is 6.07 Å². The number of nitrogens with zero attached hydrogens (tertiary/aromatic N) is 1. The summed E-state index contributed by atoms with van der Waals surface area (Å²) in [7, 11) is 0. The first-order valence-corrected chi connectivity index (χ1v) is 3.77. The average molecular weight is 187 g/mol. The normalized spacial score (nSPS) is 9.42. The number of nitrogens with two attached hydrogens (primary N) is 1. The van der Waals surface area contributed by atoms with E-state index >= 15 is 0 Å². The zero-order valence-corrected chi connectivity index (χ0v) is 6.63. The van der Waals surface area contributed by atoms with Gasteiger partial charge in [-0.05, 0) is 5.38 Å². The van der Waals surface area contributed by atoms with Crippen LogP contribution in [0, 0.1) is 10.1 Å². The predicted molar refractivity (Wildman–Crippen MR) is 42.6 cm³/mol. The third-order valence-corrected chi connectivity index (χ3v) is 2.08. The van der Waals surface area contributed by atoms with E-state index < -0.39 is 10.8 Å². The number of thiophene rings is 1. The van der Waals surface area contributed by atoms with Crippen LogP contribution in [0.1, 0.15) is 9.67 Å². The molecule has 1 rings (SSSR count). The molecule has 0 saturated carbocycles. The number of nitrogen functional groups attached to an aromatic ring is 1. The summed E-state index contributed by atoms with van der Waals surface area (Å²) in [6.07, 6.45) is 0. The van der Waals surface area contributed by atoms with Crippen molar-refractivity contribution < 1.29 is 9.72 Å². The Morgan fingerprint density at radius 1 is 1.75 bits per heavy atom. The van der Waals surface area contributed by atoms with E-state index in [1.54, 1.807) is 0 Å². The van der Waals surface area contributed by atoms with Crippen LogP contribution in [0.25, 0.3) is 0 Å². The van der Waals surface area contributed by atoms with Crippen LogP contribution in [0.5, 0.6) is 0 Å². The minimum absolute atomic E-state index is 0.0162. The molecule has 0 bridgehead atoms. The van der Waals surface area contributed by atoms with Crippen molar-refractivity contribution in [3.05, 3.63) is 26.4 Å². The Balaban J connectivity index is 3.07. The Morgan fingerprint density at radius 3 is 2.92 bits per heavy atom. The maximum absolute atomic E-state index is 10.9. The number of amides is 1. The first-order valence-electron chi connectivity index (χ1n) is 2.89. The van der Waals surface area contributed by atoms with Crippen LogP contribution < -0.4 is 11.3 Å². The minimum Gasteiger partial charge on any atom is -0.289 e. The molecule has 0 spiro atoms. The number of nitrogens with one attached hydrogen (secondary N) is 1. The number of carbonyl (C=O) groups excluding carboxylic acids is 1. The first kappa shape index (κ1) is 8.62. The van der Waals surface area contributed by atoms with Crippen molar-refractivity contribution in [3.8, 4) is 0 Å². The number of hydrogen-bond donors (Lipinski definition) is 2. The zero-order valence-electron chi connectivity index (χ0n) is 5.81. The molecule has 3 N–H and O–H groups in total. The summed E-state index contributed by atoms with van der Waals surface area (Å²) in [6, 6.07) is 1.26. The molecule has 7 heteroatoms. The molecule has 0 aliphatic heterocycles. The third kappa shape index (κ3) is 1.41. The number of nitro groups is 1. The lowest BCUT2D eigenvalue weighted by Crippen LogP contribution is -2.29. The van der Waals surface area contributed by atoms with Gasteiger partial charge in [0.1, 0.15) is 0 Å². The highest BCUT2D eigenvalue weighted by molar-refractivity contribution is 7.12. The number of hydrogen-bond acceptors (Lipinski definition) is 5. The van der Waals surface area contributed by atoms with Crippen LogP contribution in [-0.4, -0.2) is 10.8 Å². The van der Waals surface area contributed by atoms with Gasteiger partial charge in [-0.1, -0.05) is 0 Å². The van der Waals surface area contributed by atoms with Gasteiger partial charge in [-0.3, -0.25) is 20.3 Å². The van der Waals surface area contributed by atoms with Crippen LogP contribution in [0.15, 0.2) is 11.4 Å². The van der Waals surface area contributed by atoms with E-state index in [2.05, 4.69) is 0 Å².